The Kier molecular flexibility index (Phi) is 10.2. The van der Waals surface area contributed by atoms with Gasteiger partial charge in [-0.15, -0.1) is 0 Å². The largest absolute Gasteiger partial charge is 0.501 e. The zero-order valence-electron chi connectivity index (χ0n) is 10.4. The third-order valence-corrected chi connectivity index (χ3v) is 5.97. The molecule has 16 heavy (non-hydrogen) atoms. The molecule has 7 heteroatoms. The number of rotatable bonds is 10. The highest BCUT2D eigenvalue weighted by Gasteiger charge is 2.41. The lowest BCUT2D eigenvalue weighted by molar-refractivity contribution is 0.0617. The minimum atomic E-state index is -2.53. The summed E-state index contributed by atoms with van der Waals surface area (Å²) in [6, 6.07) is 0.826. The van der Waals surface area contributed by atoms with E-state index in [1.54, 1.807) is 0 Å². The van der Waals surface area contributed by atoms with Gasteiger partial charge in [0, 0.05) is 31.3 Å². The molecule has 98 valence electrons. The van der Waals surface area contributed by atoms with Gasteiger partial charge in [-0.25, -0.2) is 3.63 Å². The molecule has 0 aromatic carbocycles. The molecule has 0 aliphatic rings. The van der Waals surface area contributed by atoms with E-state index in [4.69, 9.17) is 13.3 Å². The summed E-state index contributed by atoms with van der Waals surface area (Å²) >= 11 is 4.84. The Labute approximate surface area is 110 Å². The molecule has 0 aromatic rings. The second kappa shape index (κ2) is 9.75. The van der Waals surface area contributed by atoms with Crippen molar-refractivity contribution in [1.82, 2.24) is 0 Å². The molecule has 0 heterocycles. The lowest BCUT2D eigenvalue weighted by atomic mass is 10.6. The molecule has 0 amide bonds. The van der Waals surface area contributed by atoms with Gasteiger partial charge in [0.2, 0.25) is 0 Å². The summed E-state index contributed by atoms with van der Waals surface area (Å²) in [5.41, 5.74) is -0.145. The van der Waals surface area contributed by atoms with E-state index < -0.39 is 8.80 Å². The van der Waals surface area contributed by atoms with Crippen LogP contribution in [0.5, 0.6) is 0 Å². The minimum Gasteiger partial charge on any atom is -0.374 e. The van der Waals surface area contributed by atoms with E-state index in [1.165, 1.54) is 0 Å². The van der Waals surface area contributed by atoms with E-state index in [2.05, 4.69) is 23.5 Å². The van der Waals surface area contributed by atoms with Crippen LogP contribution in [-0.2, 0) is 16.9 Å². The molecule has 0 saturated carbocycles. The molecule has 1 atom stereocenters. The van der Waals surface area contributed by atoms with E-state index in [1.807, 2.05) is 20.8 Å². The van der Waals surface area contributed by atoms with Crippen LogP contribution in [0.3, 0.4) is 0 Å². The zero-order valence-corrected chi connectivity index (χ0v) is 13.1. The predicted molar refractivity (Wildman–Crippen MR) is 72.3 cm³/mol. The quantitative estimate of drug-likeness (QED) is 0.289. The molecular weight excluding hydrogens is 264 g/mol. The van der Waals surface area contributed by atoms with Crippen molar-refractivity contribution >= 4 is 33.8 Å². The Bertz CT molecular complexity index is 157. The third-order valence-electron chi connectivity index (χ3n) is 1.81. The maximum atomic E-state index is 5.88. The van der Waals surface area contributed by atoms with Crippen molar-refractivity contribution in [1.29, 1.82) is 0 Å². The van der Waals surface area contributed by atoms with Crippen molar-refractivity contribution in [3.8, 4) is 0 Å². The topological polar surface area (TPSA) is 36.9 Å². The number of hydrogen-bond acceptors (Lipinski definition) is 6. The maximum absolute atomic E-state index is 5.88. The molecule has 0 aliphatic carbocycles. The van der Waals surface area contributed by atoms with Gasteiger partial charge in [0.15, 0.2) is 0 Å². The molecule has 1 unspecified atom stereocenters. The first-order valence-corrected chi connectivity index (χ1v) is 8.66. The van der Waals surface area contributed by atoms with Gasteiger partial charge in [0.1, 0.15) is 5.44 Å². The van der Waals surface area contributed by atoms with Crippen molar-refractivity contribution < 1.29 is 16.9 Å². The van der Waals surface area contributed by atoms with Crippen molar-refractivity contribution in [3.63, 3.8) is 0 Å². The Balaban J connectivity index is 4.44. The van der Waals surface area contributed by atoms with Crippen molar-refractivity contribution in [3.05, 3.63) is 0 Å². The van der Waals surface area contributed by atoms with Crippen LogP contribution in [0.15, 0.2) is 0 Å². The average molecular weight is 286 g/mol. The van der Waals surface area contributed by atoms with Crippen LogP contribution in [0.4, 0.5) is 0 Å². The summed E-state index contributed by atoms with van der Waals surface area (Å²) in [4.78, 5) is 0. The van der Waals surface area contributed by atoms with Crippen LogP contribution in [0.25, 0.3) is 0 Å². The van der Waals surface area contributed by atoms with Gasteiger partial charge >= 0.3 is 8.80 Å². The normalized spacial score (nSPS) is 14.1. The molecule has 0 rings (SSSR count). The van der Waals surface area contributed by atoms with Gasteiger partial charge in [-0.1, -0.05) is 13.3 Å². The van der Waals surface area contributed by atoms with Crippen LogP contribution < -0.4 is 0 Å². The van der Waals surface area contributed by atoms with Gasteiger partial charge in [-0.05, 0) is 33.7 Å². The van der Waals surface area contributed by atoms with Gasteiger partial charge in [-0.2, -0.15) is 0 Å². The Morgan fingerprint density at radius 1 is 1.19 bits per heavy atom. The highest BCUT2D eigenvalue weighted by atomic mass is 32.2. The minimum absolute atomic E-state index is 0.145. The molecule has 0 N–H and O–H groups in total. The summed E-state index contributed by atoms with van der Waals surface area (Å²) in [7, 11) is -2.53. The first-order valence-electron chi connectivity index (χ1n) is 5.56. The first kappa shape index (κ1) is 16.8. The summed E-state index contributed by atoms with van der Waals surface area (Å²) in [6.45, 7) is 9.10. The molecule has 0 aliphatic heterocycles. The first-order chi connectivity index (χ1) is 7.64. The second-order valence-corrected chi connectivity index (χ2v) is 7.29. The monoisotopic (exact) mass is 286 g/mol. The van der Waals surface area contributed by atoms with Crippen LogP contribution in [0.1, 0.15) is 34.1 Å². The van der Waals surface area contributed by atoms with Gasteiger partial charge < -0.3 is 13.3 Å². The molecule has 0 spiro atoms. The highest BCUT2D eigenvalue weighted by Crippen LogP contribution is 2.25. The van der Waals surface area contributed by atoms with E-state index >= 15 is 0 Å². The standard InChI is InChI=1S/C9H22O4S2Si/c1-5-8-16(10-6-2,11-7-3)12-9(4)15-13-14/h9,14H,5-8H2,1-4H3. The lowest BCUT2D eigenvalue weighted by Crippen LogP contribution is -2.47. The maximum Gasteiger partial charge on any atom is 0.501 e. The van der Waals surface area contributed by atoms with E-state index in [9.17, 15) is 0 Å². The average Bonchev–Trinajstić information content (AvgIpc) is 2.18. The number of hydrogen-bond donors (Lipinski definition) is 1. The molecule has 0 fully saturated rings. The zero-order chi connectivity index (χ0) is 12.4. The third kappa shape index (κ3) is 6.48. The fraction of sp³-hybridized carbons (Fsp3) is 1.00. The fourth-order valence-electron chi connectivity index (χ4n) is 1.39. The van der Waals surface area contributed by atoms with Gasteiger partial charge in [0.25, 0.3) is 0 Å². The molecule has 0 bridgehead atoms. The smallest absolute Gasteiger partial charge is 0.374 e. The Morgan fingerprint density at radius 3 is 2.12 bits per heavy atom. The van der Waals surface area contributed by atoms with E-state index in [0.717, 1.165) is 24.5 Å². The molecule has 0 saturated heterocycles. The van der Waals surface area contributed by atoms with Crippen LogP contribution in [0.2, 0.25) is 6.04 Å². The van der Waals surface area contributed by atoms with Gasteiger partial charge in [0.05, 0.1) is 0 Å². The van der Waals surface area contributed by atoms with Crippen molar-refractivity contribution in [2.45, 2.75) is 45.6 Å². The van der Waals surface area contributed by atoms with E-state index in [-0.39, 0.29) is 5.44 Å². The second-order valence-electron chi connectivity index (χ2n) is 3.16. The SMILES string of the molecule is CCC[Si](OCC)(OCC)OC(C)SOS. The molecular formula is C9H22O4S2Si. The van der Waals surface area contributed by atoms with Crippen molar-refractivity contribution in [2.75, 3.05) is 13.2 Å². The molecule has 0 radical (unpaired) electrons. The summed E-state index contributed by atoms with van der Waals surface area (Å²) in [5.74, 6) is 0. The fourth-order valence-corrected chi connectivity index (χ4v) is 5.10. The van der Waals surface area contributed by atoms with E-state index in [0.29, 0.717) is 13.2 Å². The lowest BCUT2D eigenvalue weighted by Gasteiger charge is -2.30. The highest BCUT2D eigenvalue weighted by molar-refractivity contribution is 8.01. The molecule has 4 nitrogen and oxygen atoms in total. The van der Waals surface area contributed by atoms with Crippen LogP contribution in [-0.4, -0.2) is 27.5 Å². The summed E-state index contributed by atoms with van der Waals surface area (Å²) < 4.78 is 22.0. The van der Waals surface area contributed by atoms with Gasteiger partial charge in [-0.3, -0.25) is 0 Å². The predicted octanol–water partition coefficient (Wildman–Crippen LogP) is 3.28. The summed E-state index contributed by atoms with van der Waals surface area (Å²) in [6.07, 6.45) is 0.978. The summed E-state index contributed by atoms with van der Waals surface area (Å²) in [5, 5.41) is 0. The van der Waals surface area contributed by atoms with Crippen LogP contribution in [0, 0.1) is 0 Å². The Morgan fingerprint density at radius 2 is 1.75 bits per heavy atom. The molecule has 0 aromatic heterocycles. The number of thiol groups is 1. The van der Waals surface area contributed by atoms with Crippen LogP contribution >= 0.6 is 25.0 Å². The Hall–Kier alpha value is 0.757. The van der Waals surface area contributed by atoms with Crippen molar-refractivity contribution in [2.24, 2.45) is 0 Å².